The highest BCUT2D eigenvalue weighted by molar-refractivity contribution is 5.16. The van der Waals surface area contributed by atoms with Crippen molar-refractivity contribution in [3.05, 3.63) is 0 Å². The van der Waals surface area contributed by atoms with E-state index in [9.17, 15) is 5.11 Å². The number of aliphatic hydroxyl groups excluding tert-OH is 1. The fraction of sp³-hybridized carbons (Fsp3) is 1.00. The van der Waals surface area contributed by atoms with Crippen LogP contribution in [0, 0.1) is 34.5 Å². The Morgan fingerprint density at radius 1 is 0.786 bits per heavy atom. The van der Waals surface area contributed by atoms with Gasteiger partial charge in [0.05, 0.1) is 37.9 Å². The van der Waals surface area contributed by atoms with Gasteiger partial charge in [-0.1, -0.05) is 19.8 Å². The number of rotatable bonds is 0. The summed E-state index contributed by atoms with van der Waals surface area (Å²) in [6, 6.07) is 0. The molecular formula is C23H36O5. The zero-order valence-corrected chi connectivity index (χ0v) is 17.2. The maximum absolute atomic E-state index is 11.2. The Balaban J connectivity index is 1.42. The molecule has 5 heteroatoms. The van der Waals surface area contributed by atoms with E-state index in [0.29, 0.717) is 50.1 Å². The predicted octanol–water partition coefficient (Wildman–Crippen LogP) is 3.49. The number of hydrogen-bond donors (Lipinski definition) is 1. The van der Waals surface area contributed by atoms with E-state index in [4.69, 9.17) is 18.9 Å². The fourth-order valence-electron chi connectivity index (χ4n) is 9.04. The van der Waals surface area contributed by atoms with E-state index in [2.05, 4.69) is 6.92 Å². The molecule has 2 saturated heterocycles. The van der Waals surface area contributed by atoms with Crippen molar-refractivity contribution in [2.45, 2.75) is 82.9 Å². The highest BCUT2D eigenvalue weighted by Crippen LogP contribution is 2.71. The molecule has 1 unspecified atom stereocenters. The van der Waals surface area contributed by atoms with Crippen molar-refractivity contribution in [3.8, 4) is 0 Å². The molecule has 158 valence electrons. The average Bonchev–Trinajstić information content (AvgIpc) is 2.86. The van der Waals surface area contributed by atoms with Crippen LogP contribution < -0.4 is 0 Å². The van der Waals surface area contributed by atoms with Crippen LogP contribution in [0.3, 0.4) is 0 Å². The third-order valence-corrected chi connectivity index (χ3v) is 10.0. The van der Waals surface area contributed by atoms with Gasteiger partial charge in [0, 0.05) is 6.42 Å². The van der Waals surface area contributed by atoms with Gasteiger partial charge in [0.15, 0.2) is 12.1 Å². The smallest absolute Gasteiger partial charge is 0.179 e. The Hall–Kier alpha value is -0.200. The normalized spacial score (nSPS) is 58.5. The van der Waals surface area contributed by atoms with Crippen molar-refractivity contribution in [1.29, 1.82) is 0 Å². The fourth-order valence-corrected chi connectivity index (χ4v) is 9.04. The monoisotopic (exact) mass is 392 g/mol. The quantitative estimate of drug-likeness (QED) is 0.684. The molecule has 5 nitrogen and oxygen atoms in total. The summed E-state index contributed by atoms with van der Waals surface area (Å²) in [5.74, 6) is 1.64. The molecule has 0 aromatic carbocycles. The third kappa shape index (κ3) is 2.21. The van der Waals surface area contributed by atoms with Crippen LogP contribution in [0.4, 0.5) is 0 Å². The Morgan fingerprint density at radius 3 is 2.32 bits per heavy atom. The molecular weight excluding hydrogens is 356 g/mol. The lowest BCUT2D eigenvalue weighted by Crippen LogP contribution is -2.63. The van der Waals surface area contributed by atoms with Gasteiger partial charge in [0.1, 0.15) is 0 Å². The summed E-state index contributed by atoms with van der Waals surface area (Å²) in [6.07, 6.45) is 9.99. The minimum atomic E-state index is -0.546. The molecule has 1 N–H and O–H groups in total. The van der Waals surface area contributed by atoms with Crippen LogP contribution in [0.2, 0.25) is 0 Å². The van der Waals surface area contributed by atoms with Crippen molar-refractivity contribution >= 4 is 0 Å². The van der Waals surface area contributed by atoms with E-state index in [-0.39, 0.29) is 23.2 Å². The van der Waals surface area contributed by atoms with Gasteiger partial charge in [-0.25, -0.2) is 0 Å². The molecule has 0 amide bonds. The van der Waals surface area contributed by atoms with Gasteiger partial charge in [0.25, 0.3) is 0 Å². The van der Waals surface area contributed by atoms with Gasteiger partial charge in [-0.2, -0.15) is 0 Å². The van der Waals surface area contributed by atoms with Crippen LogP contribution >= 0.6 is 0 Å². The zero-order chi connectivity index (χ0) is 19.0. The lowest BCUT2D eigenvalue weighted by Gasteiger charge is -2.63. The van der Waals surface area contributed by atoms with Crippen LogP contribution in [-0.2, 0) is 18.9 Å². The average molecular weight is 393 g/mol. The van der Waals surface area contributed by atoms with Crippen LogP contribution in [-0.4, -0.2) is 49.7 Å². The number of aliphatic hydroxyl groups is 1. The second-order valence-electron chi connectivity index (χ2n) is 10.7. The summed E-state index contributed by atoms with van der Waals surface area (Å²) < 4.78 is 25.5. The van der Waals surface area contributed by atoms with Crippen LogP contribution in [0.15, 0.2) is 0 Å². The molecule has 6 rings (SSSR count). The van der Waals surface area contributed by atoms with Gasteiger partial charge < -0.3 is 24.1 Å². The Labute approximate surface area is 168 Å². The molecule has 1 spiro atoms. The molecule has 0 aromatic heterocycles. The van der Waals surface area contributed by atoms with Gasteiger partial charge in [0.2, 0.25) is 0 Å². The second-order valence-corrected chi connectivity index (χ2v) is 10.7. The second kappa shape index (κ2) is 6.40. The summed E-state index contributed by atoms with van der Waals surface area (Å²) in [6.45, 7) is 4.84. The third-order valence-electron chi connectivity index (χ3n) is 10.0. The van der Waals surface area contributed by atoms with Crippen molar-refractivity contribution in [3.63, 3.8) is 0 Å². The lowest BCUT2D eigenvalue weighted by molar-refractivity contribution is -0.321. The van der Waals surface area contributed by atoms with E-state index < -0.39 is 5.79 Å². The number of hydrogen-bond acceptors (Lipinski definition) is 5. The highest BCUT2D eigenvalue weighted by Gasteiger charge is 2.73. The maximum Gasteiger partial charge on any atom is 0.179 e. The summed E-state index contributed by atoms with van der Waals surface area (Å²) in [7, 11) is 0. The minimum absolute atomic E-state index is 0.158. The maximum atomic E-state index is 11.2. The van der Waals surface area contributed by atoms with E-state index in [1.165, 1.54) is 32.1 Å². The van der Waals surface area contributed by atoms with Crippen LogP contribution in [0.1, 0.15) is 64.7 Å². The summed E-state index contributed by atoms with van der Waals surface area (Å²) in [4.78, 5) is 0. The topological polar surface area (TPSA) is 57.2 Å². The van der Waals surface area contributed by atoms with E-state index in [0.717, 1.165) is 25.7 Å². The standard InChI is InChI=1S/C23H36O5/c1-21-7-3-2-4-18(21)19(24)14-15-16(21)5-8-22-17(15)6-9-23(22)27-12-10-25-20(22)26-11-13-28-23/h15-20,24H,2-14H2,1H3/t15-,16+,17+,18?,19+,20?,21-,22+,23?/m1/s1. The summed E-state index contributed by atoms with van der Waals surface area (Å²) >= 11 is 0. The Morgan fingerprint density at radius 2 is 1.54 bits per heavy atom. The molecule has 4 aliphatic carbocycles. The molecule has 6 fully saturated rings. The molecule has 7 atom stereocenters. The van der Waals surface area contributed by atoms with E-state index in [1.807, 2.05) is 0 Å². The SMILES string of the molecule is C[C@]12CCCCC1[C@@H](O)C[C@@H]1[C@@H]2CC[C@]23C4OCCOC2(CC[C@@H]13)OCCO4. The molecule has 0 radical (unpaired) electrons. The van der Waals surface area contributed by atoms with Gasteiger partial charge >= 0.3 is 0 Å². The largest absolute Gasteiger partial charge is 0.393 e. The zero-order valence-electron chi connectivity index (χ0n) is 17.2. The molecule has 6 aliphatic rings. The number of fused-ring (bicyclic) bond motifs is 4. The van der Waals surface area contributed by atoms with Crippen molar-refractivity contribution in [2.75, 3.05) is 26.4 Å². The highest BCUT2D eigenvalue weighted by atomic mass is 16.8. The van der Waals surface area contributed by atoms with Crippen LogP contribution in [0.25, 0.3) is 0 Å². The first-order chi connectivity index (χ1) is 13.6. The number of ether oxygens (including phenoxy) is 4. The predicted molar refractivity (Wildman–Crippen MR) is 102 cm³/mol. The molecule has 2 heterocycles. The van der Waals surface area contributed by atoms with Gasteiger partial charge in [-0.05, 0) is 67.6 Å². The molecule has 28 heavy (non-hydrogen) atoms. The molecule has 4 saturated carbocycles. The first-order valence-corrected chi connectivity index (χ1v) is 11.8. The van der Waals surface area contributed by atoms with Crippen molar-refractivity contribution < 1.29 is 24.1 Å². The molecule has 2 bridgehead atoms. The van der Waals surface area contributed by atoms with Crippen molar-refractivity contribution in [2.24, 2.45) is 34.5 Å². The van der Waals surface area contributed by atoms with Crippen LogP contribution in [0.5, 0.6) is 0 Å². The van der Waals surface area contributed by atoms with Crippen molar-refractivity contribution in [1.82, 2.24) is 0 Å². The van der Waals surface area contributed by atoms with E-state index in [1.54, 1.807) is 0 Å². The lowest BCUT2D eigenvalue weighted by atomic mass is 9.44. The van der Waals surface area contributed by atoms with Gasteiger partial charge in [-0.15, -0.1) is 0 Å². The van der Waals surface area contributed by atoms with Gasteiger partial charge in [-0.3, -0.25) is 0 Å². The Kier molecular flexibility index (Phi) is 4.24. The molecule has 2 aliphatic heterocycles. The minimum Gasteiger partial charge on any atom is -0.393 e. The first-order valence-electron chi connectivity index (χ1n) is 11.8. The Bertz CT molecular complexity index is 612. The first kappa shape index (κ1) is 18.6. The molecule has 0 aromatic rings. The summed E-state index contributed by atoms with van der Waals surface area (Å²) in [5.41, 5.74) is 0.0794. The van der Waals surface area contributed by atoms with E-state index >= 15 is 0 Å². The summed E-state index contributed by atoms with van der Waals surface area (Å²) in [5, 5.41) is 11.2.